The van der Waals surface area contributed by atoms with Gasteiger partial charge < -0.3 is 20.6 Å². The van der Waals surface area contributed by atoms with Crippen LogP contribution < -0.4 is 0 Å². The van der Waals surface area contributed by atoms with Crippen LogP contribution in [0.4, 0.5) is 0 Å². The number of nitriles is 6. The predicted molar refractivity (Wildman–Crippen MR) is 75.6 cm³/mol. The summed E-state index contributed by atoms with van der Waals surface area (Å²) in [6.07, 6.45) is 0. The van der Waals surface area contributed by atoms with E-state index in [4.69, 9.17) is 21.0 Å². The molecule has 0 spiro atoms. The Morgan fingerprint density at radius 3 is 1.25 bits per heavy atom. The van der Waals surface area contributed by atoms with Gasteiger partial charge in [-0.15, -0.1) is 0 Å². The molecule has 0 aromatic rings. The summed E-state index contributed by atoms with van der Waals surface area (Å²) >= 11 is 0. The first-order chi connectivity index (χ1) is 11.5. The molecule has 2 atom stereocenters. The summed E-state index contributed by atoms with van der Waals surface area (Å²) < 4.78 is 0. The molecule has 0 saturated heterocycles. The molecular weight excluding hydrogens is 312 g/mol. The van der Waals surface area contributed by atoms with Gasteiger partial charge in [-0.3, -0.25) is 9.98 Å². The first-order valence-electron chi connectivity index (χ1n) is 5.77. The molecule has 0 aromatic carbocycles. The highest BCUT2D eigenvalue weighted by molar-refractivity contribution is 6.21. The van der Waals surface area contributed by atoms with Crippen LogP contribution >= 0.6 is 0 Å². The van der Waals surface area contributed by atoms with Crippen LogP contribution in [0.15, 0.2) is 20.0 Å². The van der Waals surface area contributed by atoms with E-state index in [-0.39, 0.29) is 0 Å². The molecule has 2 aliphatic heterocycles. The zero-order valence-corrected chi connectivity index (χ0v) is 11.4. The molecule has 2 rings (SSSR count). The molecule has 0 aliphatic carbocycles. The first kappa shape index (κ1) is 15.6. The van der Waals surface area contributed by atoms with Crippen LogP contribution in [0.25, 0.3) is 10.6 Å². The molecule has 12 heteroatoms. The topological polar surface area (TPSA) is 220 Å². The Hall–Kier alpha value is -4.78. The lowest BCUT2D eigenvalue weighted by molar-refractivity contribution is 0.476. The second-order valence-corrected chi connectivity index (χ2v) is 3.98. The van der Waals surface area contributed by atoms with Gasteiger partial charge in [0.25, 0.3) is 0 Å². The lowest BCUT2D eigenvalue weighted by Gasteiger charge is -2.47. The second kappa shape index (κ2) is 5.54. The van der Waals surface area contributed by atoms with Gasteiger partial charge in [0.05, 0.1) is 24.3 Å². The SMILES string of the molecule is N#CC1=NC(C#N)(C2(C#N)N=C(C#N)N=C(C#N)[N-]2)[N-]C(C#N)=N1. The second-order valence-electron chi connectivity index (χ2n) is 3.98. The lowest BCUT2D eigenvalue weighted by atomic mass is 9.93. The van der Waals surface area contributed by atoms with Gasteiger partial charge in [0.15, 0.2) is 11.3 Å². The van der Waals surface area contributed by atoms with E-state index in [1.165, 1.54) is 24.3 Å². The largest absolute Gasteiger partial charge is 0.415 e. The molecule has 0 saturated carbocycles. The molecule has 0 N–H and O–H groups in total. The van der Waals surface area contributed by atoms with Crippen molar-refractivity contribution in [2.24, 2.45) is 20.0 Å². The Morgan fingerprint density at radius 1 is 0.625 bits per heavy atom. The van der Waals surface area contributed by atoms with E-state index in [2.05, 4.69) is 30.6 Å². The van der Waals surface area contributed by atoms with Crippen LogP contribution in [0.2, 0.25) is 0 Å². The van der Waals surface area contributed by atoms with Crippen molar-refractivity contribution in [1.82, 2.24) is 0 Å². The van der Waals surface area contributed by atoms with Crippen molar-refractivity contribution in [1.29, 1.82) is 31.6 Å². The Morgan fingerprint density at radius 2 is 1.00 bits per heavy atom. The molecule has 110 valence electrons. The maximum absolute atomic E-state index is 9.52. The third-order valence-corrected chi connectivity index (χ3v) is 2.69. The highest BCUT2D eigenvalue weighted by Crippen LogP contribution is 2.42. The monoisotopic (exact) mass is 312 g/mol. The van der Waals surface area contributed by atoms with Gasteiger partial charge in [-0.25, -0.2) is 0 Å². The average Bonchev–Trinajstić information content (AvgIpc) is 2.66. The summed E-state index contributed by atoms with van der Waals surface area (Å²) in [5, 5.41) is 62.2. The van der Waals surface area contributed by atoms with Crippen LogP contribution in [-0.2, 0) is 0 Å². The molecule has 24 heavy (non-hydrogen) atoms. The van der Waals surface area contributed by atoms with E-state index in [1.54, 1.807) is 12.1 Å². The lowest BCUT2D eigenvalue weighted by Crippen LogP contribution is -2.53. The molecule has 0 radical (unpaired) electrons. The number of hydrogen-bond acceptors (Lipinski definition) is 10. The van der Waals surface area contributed by atoms with E-state index in [9.17, 15) is 10.5 Å². The molecule has 2 aliphatic rings. The van der Waals surface area contributed by atoms with Crippen molar-refractivity contribution in [3.05, 3.63) is 10.6 Å². The van der Waals surface area contributed by atoms with Gasteiger partial charge in [-0.1, -0.05) is 0 Å². The number of amidine groups is 4. The van der Waals surface area contributed by atoms with E-state index in [0.29, 0.717) is 0 Å². The number of aliphatic imine (C=N–C) groups is 4. The van der Waals surface area contributed by atoms with E-state index in [0.717, 1.165) is 0 Å². The zero-order chi connectivity index (χ0) is 17.8. The fraction of sp³-hybridized carbons (Fsp3) is 0.167. The Bertz CT molecular complexity index is 904. The van der Waals surface area contributed by atoms with E-state index < -0.39 is 34.7 Å². The average molecular weight is 312 g/mol. The minimum absolute atomic E-state index is 0.609. The van der Waals surface area contributed by atoms with Gasteiger partial charge in [0.2, 0.25) is 0 Å². The van der Waals surface area contributed by atoms with Crippen molar-refractivity contribution in [2.45, 2.75) is 11.3 Å². The van der Waals surface area contributed by atoms with Crippen molar-refractivity contribution >= 4 is 23.3 Å². The molecule has 12 nitrogen and oxygen atoms in total. The van der Waals surface area contributed by atoms with E-state index >= 15 is 0 Å². The third kappa shape index (κ3) is 2.12. The van der Waals surface area contributed by atoms with Crippen molar-refractivity contribution in [3.63, 3.8) is 0 Å². The Balaban J connectivity index is 2.76. The summed E-state index contributed by atoms with van der Waals surface area (Å²) in [7, 11) is 0. The number of hydrogen-bond donors (Lipinski definition) is 0. The fourth-order valence-electron chi connectivity index (χ4n) is 1.73. The van der Waals surface area contributed by atoms with Crippen LogP contribution in [0.1, 0.15) is 0 Å². The molecule has 0 aromatic heterocycles. The highest BCUT2D eigenvalue weighted by atomic mass is 15.4. The summed E-state index contributed by atoms with van der Waals surface area (Å²) in [5.41, 5.74) is -5.03. The predicted octanol–water partition coefficient (Wildman–Crippen LogP) is -0.111. The Kier molecular flexibility index (Phi) is 3.60. The van der Waals surface area contributed by atoms with Crippen LogP contribution in [0, 0.1) is 68.0 Å². The first-order valence-corrected chi connectivity index (χ1v) is 5.77. The third-order valence-electron chi connectivity index (χ3n) is 2.69. The molecule has 0 bridgehead atoms. The molecule has 2 heterocycles. The molecular formula is C12N12-2. The van der Waals surface area contributed by atoms with Gasteiger partial charge in [0, 0.05) is 11.7 Å². The zero-order valence-electron chi connectivity index (χ0n) is 11.4. The van der Waals surface area contributed by atoms with E-state index in [1.807, 2.05) is 0 Å². The van der Waals surface area contributed by atoms with Crippen molar-refractivity contribution < 1.29 is 0 Å². The van der Waals surface area contributed by atoms with Crippen LogP contribution in [0.3, 0.4) is 0 Å². The van der Waals surface area contributed by atoms with Crippen LogP contribution in [-0.4, -0.2) is 34.7 Å². The van der Waals surface area contributed by atoms with Gasteiger partial charge in [-0.2, -0.15) is 31.6 Å². The minimum atomic E-state index is -2.51. The quantitative estimate of drug-likeness (QED) is 0.641. The number of rotatable bonds is 1. The van der Waals surface area contributed by atoms with Gasteiger partial charge in [-0.05, 0) is 0 Å². The summed E-state index contributed by atoms with van der Waals surface area (Å²) in [6.45, 7) is 0. The van der Waals surface area contributed by atoms with Crippen molar-refractivity contribution in [2.75, 3.05) is 0 Å². The summed E-state index contributed by atoms with van der Waals surface area (Å²) in [4.78, 5) is 14.2. The van der Waals surface area contributed by atoms with Gasteiger partial charge >= 0.3 is 0 Å². The Labute approximate surface area is 134 Å². The van der Waals surface area contributed by atoms with Crippen LogP contribution in [0.5, 0.6) is 0 Å². The van der Waals surface area contributed by atoms with Crippen molar-refractivity contribution in [3.8, 4) is 36.4 Å². The maximum atomic E-state index is 9.52. The maximum Gasteiger partial charge on any atom is 0.196 e. The molecule has 0 fully saturated rings. The standard InChI is InChI=1S/C12N12/c13-1-7-19-8(2-14)22-11(5-17,21-7)12(6-18)23-9(3-15)20-10(4-16)24-12/q-2. The summed E-state index contributed by atoms with van der Waals surface area (Å²) in [5.74, 6) is -2.43. The number of nitrogens with zero attached hydrogens (tertiary/aromatic N) is 12. The highest BCUT2D eigenvalue weighted by Gasteiger charge is 2.50. The normalized spacial score (nSPS) is 27.2. The fourth-order valence-corrected chi connectivity index (χ4v) is 1.73. The minimum Gasteiger partial charge on any atom is -0.415 e. The van der Waals surface area contributed by atoms with Gasteiger partial charge in [0.1, 0.15) is 23.8 Å². The molecule has 0 amide bonds. The summed E-state index contributed by atoms with van der Waals surface area (Å²) in [6, 6.07) is 9.24. The molecule has 2 unspecified atom stereocenters. The smallest absolute Gasteiger partial charge is 0.196 e.